The monoisotopic (exact) mass is 198 g/mol. The Bertz CT molecular complexity index is 158. The predicted molar refractivity (Wildman–Crippen MR) is 58.1 cm³/mol. The number of hydrogen-bond donors (Lipinski definition) is 1. The van der Waals surface area contributed by atoms with Gasteiger partial charge in [-0.15, -0.1) is 0 Å². The largest absolute Gasteiger partial charge is 0.315 e. The summed E-state index contributed by atoms with van der Waals surface area (Å²) in [7, 11) is 2.21. The first-order chi connectivity index (χ1) is 6.86. The molecule has 2 saturated heterocycles. The third-order valence-electron chi connectivity index (χ3n) is 3.20. The summed E-state index contributed by atoms with van der Waals surface area (Å²) in [5.74, 6) is 0. The minimum Gasteiger partial charge on any atom is -0.315 e. The van der Waals surface area contributed by atoms with E-state index < -0.39 is 0 Å². The van der Waals surface area contributed by atoms with Crippen molar-refractivity contribution >= 4 is 0 Å². The predicted octanol–water partition coefficient (Wildman–Crippen LogP) is -0.556. The average molecular weight is 198 g/mol. The average Bonchev–Trinajstić information content (AvgIpc) is 2.47. The van der Waals surface area contributed by atoms with Crippen molar-refractivity contribution in [2.45, 2.75) is 6.42 Å². The zero-order valence-electron chi connectivity index (χ0n) is 9.21. The molecule has 1 N–H and O–H groups in total. The maximum absolute atomic E-state index is 3.45. The van der Waals surface area contributed by atoms with Gasteiger partial charge in [-0.3, -0.25) is 0 Å². The molecule has 0 aromatic heterocycles. The Morgan fingerprint density at radius 1 is 0.786 bits per heavy atom. The first-order valence-corrected chi connectivity index (χ1v) is 5.75. The van der Waals surface area contributed by atoms with Gasteiger partial charge in [0.15, 0.2) is 0 Å². The molecule has 0 aromatic rings. The van der Waals surface area contributed by atoms with Crippen LogP contribution in [0.4, 0.5) is 0 Å². The Balaban J connectivity index is 1.81. The maximum Gasteiger partial charge on any atom is 0.0261 e. The molecule has 0 radical (unpaired) electrons. The molecule has 2 fully saturated rings. The van der Waals surface area contributed by atoms with Crippen LogP contribution in [0.15, 0.2) is 0 Å². The molecule has 2 aliphatic rings. The fourth-order valence-electron chi connectivity index (χ4n) is 2.19. The van der Waals surface area contributed by atoms with Crippen LogP contribution in [-0.2, 0) is 0 Å². The van der Waals surface area contributed by atoms with Gasteiger partial charge in [0.05, 0.1) is 0 Å². The van der Waals surface area contributed by atoms with Gasteiger partial charge in [0, 0.05) is 45.8 Å². The van der Waals surface area contributed by atoms with E-state index in [-0.39, 0.29) is 0 Å². The van der Waals surface area contributed by atoms with E-state index in [1.54, 1.807) is 0 Å². The summed E-state index contributed by atoms with van der Waals surface area (Å²) in [4.78, 5) is 2.41. The lowest BCUT2D eigenvalue weighted by Crippen LogP contribution is -2.53. The summed E-state index contributed by atoms with van der Waals surface area (Å²) in [5, 5.41) is 8.52. The van der Waals surface area contributed by atoms with Crippen LogP contribution < -0.4 is 5.32 Å². The molecule has 0 saturated carbocycles. The second-order valence-corrected chi connectivity index (χ2v) is 4.31. The van der Waals surface area contributed by atoms with Gasteiger partial charge in [0.1, 0.15) is 0 Å². The normalized spacial score (nSPS) is 28.9. The SMILES string of the molecule is CN1CCN(N2CCCNCC2)CC1. The van der Waals surface area contributed by atoms with Crippen LogP contribution in [0.2, 0.25) is 0 Å². The highest BCUT2D eigenvalue weighted by Crippen LogP contribution is 2.05. The number of likely N-dealkylation sites (N-methyl/N-ethyl adjacent to an activating group) is 1. The summed E-state index contributed by atoms with van der Waals surface area (Å²) in [6.45, 7) is 9.58. The van der Waals surface area contributed by atoms with Gasteiger partial charge in [-0.1, -0.05) is 0 Å². The topological polar surface area (TPSA) is 21.8 Å². The van der Waals surface area contributed by atoms with Crippen molar-refractivity contribution in [1.29, 1.82) is 0 Å². The van der Waals surface area contributed by atoms with E-state index >= 15 is 0 Å². The quantitative estimate of drug-likeness (QED) is 0.610. The number of hydrogen-bond acceptors (Lipinski definition) is 4. The van der Waals surface area contributed by atoms with Crippen molar-refractivity contribution < 1.29 is 0 Å². The van der Waals surface area contributed by atoms with Gasteiger partial charge in [0.25, 0.3) is 0 Å². The van der Waals surface area contributed by atoms with Crippen LogP contribution in [0.5, 0.6) is 0 Å². The van der Waals surface area contributed by atoms with Crippen molar-refractivity contribution in [3.63, 3.8) is 0 Å². The molecular formula is C10H22N4. The van der Waals surface area contributed by atoms with Crippen molar-refractivity contribution in [2.75, 3.05) is 59.4 Å². The van der Waals surface area contributed by atoms with Crippen molar-refractivity contribution in [3.05, 3.63) is 0 Å². The number of rotatable bonds is 1. The van der Waals surface area contributed by atoms with E-state index in [2.05, 4.69) is 27.3 Å². The zero-order valence-corrected chi connectivity index (χ0v) is 9.21. The van der Waals surface area contributed by atoms with Crippen molar-refractivity contribution in [2.24, 2.45) is 0 Å². The summed E-state index contributed by atoms with van der Waals surface area (Å²) in [6, 6.07) is 0. The smallest absolute Gasteiger partial charge is 0.0261 e. The summed E-state index contributed by atoms with van der Waals surface area (Å²) < 4.78 is 0. The first-order valence-electron chi connectivity index (χ1n) is 5.75. The lowest BCUT2D eigenvalue weighted by molar-refractivity contribution is -0.0488. The van der Waals surface area contributed by atoms with E-state index in [0.717, 1.165) is 6.54 Å². The van der Waals surface area contributed by atoms with E-state index in [1.807, 2.05) is 0 Å². The van der Waals surface area contributed by atoms with Crippen LogP contribution in [0.25, 0.3) is 0 Å². The number of hydrazine groups is 1. The molecule has 4 nitrogen and oxygen atoms in total. The second-order valence-electron chi connectivity index (χ2n) is 4.31. The lowest BCUT2D eigenvalue weighted by atomic mass is 10.3. The van der Waals surface area contributed by atoms with Crippen molar-refractivity contribution in [1.82, 2.24) is 20.2 Å². The summed E-state index contributed by atoms with van der Waals surface area (Å²) >= 11 is 0. The number of nitrogens with zero attached hydrogens (tertiary/aromatic N) is 3. The minimum absolute atomic E-state index is 1.15. The molecule has 0 amide bonds. The fourth-order valence-corrected chi connectivity index (χ4v) is 2.19. The van der Waals surface area contributed by atoms with Crippen molar-refractivity contribution in [3.8, 4) is 0 Å². The Labute approximate surface area is 86.8 Å². The Hall–Kier alpha value is -0.160. The van der Waals surface area contributed by atoms with Gasteiger partial charge >= 0.3 is 0 Å². The third kappa shape index (κ3) is 2.67. The highest BCUT2D eigenvalue weighted by Gasteiger charge is 2.20. The maximum atomic E-state index is 3.45. The van der Waals surface area contributed by atoms with Gasteiger partial charge < -0.3 is 10.2 Å². The highest BCUT2D eigenvalue weighted by molar-refractivity contribution is 4.71. The Morgan fingerprint density at radius 3 is 2.29 bits per heavy atom. The Kier molecular flexibility index (Phi) is 3.75. The molecule has 4 heteroatoms. The number of piperazine rings is 1. The summed E-state index contributed by atoms with van der Waals surface area (Å²) in [5.41, 5.74) is 0. The van der Waals surface area contributed by atoms with E-state index in [1.165, 1.54) is 52.2 Å². The van der Waals surface area contributed by atoms with E-state index in [9.17, 15) is 0 Å². The first kappa shape index (κ1) is 10.4. The van der Waals surface area contributed by atoms with Crippen LogP contribution >= 0.6 is 0 Å². The standard InChI is InChI=1S/C10H22N4/c1-12-7-9-14(10-8-12)13-5-2-3-11-4-6-13/h11H,2-10H2,1H3. The molecule has 0 atom stereocenters. The van der Waals surface area contributed by atoms with Crippen LogP contribution in [0, 0.1) is 0 Å². The van der Waals surface area contributed by atoms with Gasteiger partial charge in [-0.25, -0.2) is 10.0 Å². The fraction of sp³-hybridized carbons (Fsp3) is 1.00. The molecule has 2 rings (SSSR count). The zero-order chi connectivity index (χ0) is 9.80. The van der Waals surface area contributed by atoms with Crippen LogP contribution in [0.3, 0.4) is 0 Å². The molecule has 0 aliphatic carbocycles. The lowest BCUT2D eigenvalue weighted by Gasteiger charge is -2.39. The molecule has 82 valence electrons. The third-order valence-corrected chi connectivity index (χ3v) is 3.20. The molecule has 0 bridgehead atoms. The molecule has 2 aliphatic heterocycles. The van der Waals surface area contributed by atoms with Crippen LogP contribution in [0.1, 0.15) is 6.42 Å². The second kappa shape index (κ2) is 5.07. The molecular weight excluding hydrogens is 176 g/mol. The summed E-state index contributed by atoms with van der Waals surface area (Å²) in [6.07, 6.45) is 1.28. The molecule has 0 spiro atoms. The Morgan fingerprint density at radius 2 is 1.50 bits per heavy atom. The molecule has 2 heterocycles. The number of nitrogens with one attached hydrogen (secondary N) is 1. The minimum atomic E-state index is 1.15. The highest BCUT2D eigenvalue weighted by atomic mass is 15.6. The molecule has 14 heavy (non-hydrogen) atoms. The molecule has 0 unspecified atom stereocenters. The molecule has 0 aromatic carbocycles. The van der Waals surface area contributed by atoms with Crippen LogP contribution in [-0.4, -0.2) is 74.3 Å². The van der Waals surface area contributed by atoms with E-state index in [0.29, 0.717) is 0 Å². The van der Waals surface area contributed by atoms with Gasteiger partial charge in [0.2, 0.25) is 0 Å². The van der Waals surface area contributed by atoms with Gasteiger partial charge in [-0.2, -0.15) is 0 Å². The van der Waals surface area contributed by atoms with E-state index in [4.69, 9.17) is 0 Å². The van der Waals surface area contributed by atoms with Gasteiger partial charge in [-0.05, 0) is 20.0 Å².